The number of ether oxygens (including phenoxy) is 2. The average Bonchev–Trinajstić information content (AvgIpc) is 3.27. The summed E-state index contributed by atoms with van der Waals surface area (Å²) >= 11 is 0. The monoisotopic (exact) mass is 417 g/mol. The van der Waals surface area contributed by atoms with Gasteiger partial charge in [-0.25, -0.2) is 0 Å². The van der Waals surface area contributed by atoms with E-state index in [4.69, 9.17) is 9.47 Å². The Kier molecular flexibility index (Phi) is 4.40. The average molecular weight is 418 g/mol. The standard InChI is InChI=1S/C25H27N3O3/c1-24(2,3)22-13-16-12-18(5-6-19(16)28(22)11-10-26)27-23(29)25(8-9-25)17-4-7-20-21(14-17)31-15-30-20/h4-7,12,14,22H,8-9,11,13,15H2,1-3H3,(H,27,29). The lowest BCUT2D eigenvalue weighted by Crippen LogP contribution is -2.42. The highest BCUT2D eigenvalue weighted by Crippen LogP contribution is 2.51. The Balaban J connectivity index is 1.37. The first-order chi connectivity index (χ1) is 14.8. The molecule has 0 saturated heterocycles. The molecule has 1 atom stereocenters. The van der Waals surface area contributed by atoms with Crippen molar-refractivity contribution in [2.24, 2.45) is 5.41 Å². The molecule has 3 aliphatic rings. The van der Waals surface area contributed by atoms with Gasteiger partial charge >= 0.3 is 0 Å². The molecule has 2 aromatic rings. The molecule has 1 amide bonds. The van der Waals surface area contributed by atoms with E-state index in [0.717, 1.165) is 42.0 Å². The molecule has 1 unspecified atom stereocenters. The third-order valence-electron chi connectivity index (χ3n) is 6.79. The summed E-state index contributed by atoms with van der Waals surface area (Å²) in [5, 5.41) is 12.5. The maximum atomic E-state index is 13.3. The fraction of sp³-hybridized carbons (Fsp3) is 0.440. The summed E-state index contributed by atoms with van der Waals surface area (Å²) in [7, 11) is 0. The van der Waals surface area contributed by atoms with Crippen molar-refractivity contribution in [3.8, 4) is 17.6 Å². The quantitative estimate of drug-likeness (QED) is 0.747. The van der Waals surface area contributed by atoms with Crippen molar-refractivity contribution in [1.82, 2.24) is 0 Å². The van der Waals surface area contributed by atoms with Crippen LogP contribution in [0.5, 0.6) is 11.5 Å². The number of benzene rings is 2. The first-order valence-corrected chi connectivity index (χ1v) is 10.8. The lowest BCUT2D eigenvalue weighted by atomic mass is 9.84. The molecule has 6 heteroatoms. The van der Waals surface area contributed by atoms with Gasteiger partial charge in [0.1, 0.15) is 6.54 Å². The molecule has 0 radical (unpaired) electrons. The Hall–Kier alpha value is -3.20. The summed E-state index contributed by atoms with van der Waals surface area (Å²) in [6.45, 7) is 7.22. The van der Waals surface area contributed by atoms with Gasteiger partial charge in [-0.2, -0.15) is 5.26 Å². The summed E-state index contributed by atoms with van der Waals surface area (Å²) in [6.07, 6.45) is 2.52. The van der Waals surface area contributed by atoms with Gasteiger partial charge in [0.05, 0.1) is 11.5 Å². The van der Waals surface area contributed by atoms with Gasteiger partial charge in [0.25, 0.3) is 0 Å². The lowest BCUT2D eigenvalue weighted by Gasteiger charge is -2.35. The van der Waals surface area contributed by atoms with Crippen molar-refractivity contribution in [2.75, 3.05) is 23.6 Å². The second-order valence-corrected chi connectivity index (χ2v) is 9.82. The summed E-state index contributed by atoms with van der Waals surface area (Å²) in [6, 6.07) is 14.4. The van der Waals surface area contributed by atoms with Gasteiger partial charge < -0.3 is 19.7 Å². The van der Waals surface area contributed by atoms with E-state index in [2.05, 4.69) is 43.1 Å². The molecule has 1 saturated carbocycles. The van der Waals surface area contributed by atoms with Crippen molar-refractivity contribution in [1.29, 1.82) is 5.26 Å². The summed E-state index contributed by atoms with van der Waals surface area (Å²) in [5.74, 6) is 1.46. The fourth-order valence-electron chi connectivity index (χ4n) is 4.86. The van der Waals surface area contributed by atoms with Crippen LogP contribution in [0.4, 0.5) is 11.4 Å². The minimum Gasteiger partial charge on any atom is -0.454 e. The first kappa shape index (κ1) is 19.7. The molecule has 6 nitrogen and oxygen atoms in total. The van der Waals surface area contributed by atoms with Crippen molar-refractivity contribution in [2.45, 2.75) is 51.5 Å². The number of nitriles is 1. The number of nitrogens with one attached hydrogen (secondary N) is 1. The van der Waals surface area contributed by atoms with Gasteiger partial charge in [-0.1, -0.05) is 26.8 Å². The second kappa shape index (κ2) is 6.91. The van der Waals surface area contributed by atoms with Crippen LogP contribution in [0.1, 0.15) is 44.7 Å². The Morgan fingerprint density at radius 1 is 1.19 bits per heavy atom. The van der Waals surface area contributed by atoms with Crippen LogP contribution < -0.4 is 19.7 Å². The van der Waals surface area contributed by atoms with E-state index < -0.39 is 5.41 Å². The van der Waals surface area contributed by atoms with Crippen molar-refractivity contribution < 1.29 is 14.3 Å². The van der Waals surface area contributed by atoms with E-state index in [1.165, 1.54) is 5.56 Å². The Morgan fingerprint density at radius 3 is 2.68 bits per heavy atom. The molecule has 31 heavy (non-hydrogen) atoms. The molecular formula is C25H27N3O3. The van der Waals surface area contributed by atoms with E-state index in [-0.39, 0.29) is 24.2 Å². The highest BCUT2D eigenvalue weighted by atomic mass is 16.7. The van der Waals surface area contributed by atoms with Gasteiger partial charge in [-0.15, -0.1) is 0 Å². The Labute approximate surface area is 182 Å². The number of fused-ring (bicyclic) bond motifs is 2. The number of hydrogen-bond acceptors (Lipinski definition) is 5. The molecule has 160 valence electrons. The Morgan fingerprint density at radius 2 is 1.97 bits per heavy atom. The van der Waals surface area contributed by atoms with Crippen molar-refractivity contribution in [3.05, 3.63) is 47.5 Å². The predicted octanol–water partition coefficient (Wildman–Crippen LogP) is 4.39. The highest BCUT2D eigenvalue weighted by Gasteiger charge is 2.51. The second-order valence-electron chi connectivity index (χ2n) is 9.82. The van der Waals surface area contributed by atoms with Crippen LogP contribution in [-0.4, -0.2) is 25.3 Å². The molecule has 1 fully saturated rings. The van der Waals surface area contributed by atoms with Gasteiger partial charge in [-0.3, -0.25) is 4.79 Å². The molecule has 2 aromatic carbocycles. The zero-order valence-corrected chi connectivity index (χ0v) is 18.2. The van der Waals surface area contributed by atoms with E-state index in [0.29, 0.717) is 12.3 Å². The van der Waals surface area contributed by atoms with Crippen LogP contribution in [0.15, 0.2) is 36.4 Å². The van der Waals surface area contributed by atoms with Crippen LogP contribution in [-0.2, 0) is 16.6 Å². The molecule has 2 heterocycles. The van der Waals surface area contributed by atoms with Crippen LogP contribution >= 0.6 is 0 Å². The maximum Gasteiger partial charge on any atom is 0.235 e. The fourth-order valence-corrected chi connectivity index (χ4v) is 4.86. The van der Waals surface area contributed by atoms with Crippen LogP contribution in [0, 0.1) is 16.7 Å². The molecule has 5 rings (SSSR count). The maximum absolute atomic E-state index is 13.3. The number of carbonyl (C=O) groups excluding carboxylic acids is 1. The smallest absolute Gasteiger partial charge is 0.235 e. The summed E-state index contributed by atoms with van der Waals surface area (Å²) in [4.78, 5) is 15.4. The number of anilines is 2. The molecule has 0 bridgehead atoms. The SMILES string of the molecule is CC(C)(C)C1Cc2cc(NC(=O)C3(c4ccc5c(c4)OCO5)CC3)ccc2N1CC#N. The highest BCUT2D eigenvalue weighted by molar-refractivity contribution is 6.01. The molecule has 1 N–H and O–H groups in total. The topological polar surface area (TPSA) is 74.6 Å². The van der Waals surface area contributed by atoms with Crippen LogP contribution in [0.25, 0.3) is 0 Å². The number of rotatable bonds is 4. The minimum atomic E-state index is -0.499. The number of carbonyl (C=O) groups is 1. The van der Waals surface area contributed by atoms with E-state index in [1.807, 2.05) is 30.3 Å². The number of amides is 1. The molecule has 2 aliphatic heterocycles. The predicted molar refractivity (Wildman–Crippen MR) is 118 cm³/mol. The third-order valence-corrected chi connectivity index (χ3v) is 6.79. The van der Waals surface area contributed by atoms with Gasteiger partial charge in [-0.05, 0) is 66.1 Å². The third kappa shape index (κ3) is 3.29. The normalized spacial score (nSPS) is 20.2. The Bertz CT molecular complexity index is 1090. The zero-order chi connectivity index (χ0) is 21.8. The molecular weight excluding hydrogens is 390 g/mol. The summed E-state index contributed by atoms with van der Waals surface area (Å²) in [5.41, 5.74) is 3.61. The zero-order valence-electron chi connectivity index (χ0n) is 18.2. The van der Waals surface area contributed by atoms with E-state index in [9.17, 15) is 10.1 Å². The van der Waals surface area contributed by atoms with Crippen molar-refractivity contribution in [3.63, 3.8) is 0 Å². The first-order valence-electron chi connectivity index (χ1n) is 10.8. The molecule has 0 aromatic heterocycles. The minimum absolute atomic E-state index is 0.0190. The van der Waals surface area contributed by atoms with Crippen LogP contribution in [0.2, 0.25) is 0 Å². The molecule has 1 aliphatic carbocycles. The summed E-state index contributed by atoms with van der Waals surface area (Å²) < 4.78 is 10.9. The van der Waals surface area contributed by atoms with Gasteiger partial charge in [0.15, 0.2) is 11.5 Å². The number of hydrogen-bond donors (Lipinski definition) is 1. The molecule has 0 spiro atoms. The van der Waals surface area contributed by atoms with E-state index in [1.54, 1.807) is 0 Å². The van der Waals surface area contributed by atoms with E-state index >= 15 is 0 Å². The number of nitrogens with zero attached hydrogens (tertiary/aromatic N) is 2. The largest absolute Gasteiger partial charge is 0.454 e. The lowest BCUT2D eigenvalue weighted by molar-refractivity contribution is -0.118. The van der Waals surface area contributed by atoms with Gasteiger partial charge in [0, 0.05) is 17.4 Å². The van der Waals surface area contributed by atoms with Crippen molar-refractivity contribution >= 4 is 17.3 Å². The van der Waals surface area contributed by atoms with Gasteiger partial charge in [0.2, 0.25) is 12.7 Å². The van der Waals surface area contributed by atoms with Crippen LogP contribution in [0.3, 0.4) is 0 Å².